The van der Waals surface area contributed by atoms with Crippen LogP contribution in [-0.2, 0) is 4.74 Å². The minimum absolute atomic E-state index is 0.194. The number of rotatable bonds is 2. The highest BCUT2D eigenvalue weighted by molar-refractivity contribution is 7.22. The molecule has 0 spiro atoms. The molecule has 4 heteroatoms. The van der Waals surface area contributed by atoms with Gasteiger partial charge in [-0.25, -0.2) is 0 Å². The van der Waals surface area contributed by atoms with E-state index in [1.54, 1.807) is 0 Å². The van der Waals surface area contributed by atoms with Crippen molar-refractivity contribution in [1.29, 1.82) is 0 Å². The first-order chi connectivity index (χ1) is 3.83. The SMILES string of the molecule is CCOCC.ClBCl. The number of hydrogen-bond acceptors (Lipinski definition) is 1. The average Bonchev–Trinajstić information content (AvgIpc) is 1.71. The normalized spacial score (nSPS) is 7.00. The summed E-state index contributed by atoms with van der Waals surface area (Å²) >= 11 is 9.53. The molecule has 50 valence electrons. The van der Waals surface area contributed by atoms with Crippen LogP contribution in [0.5, 0.6) is 0 Å². The van der Waals surface area contributed by atoms with Crippen LogP contribution in [0.3, 0.4) is 0 Å². The summed E-state index contributed by atoms with van der Waals surface area (Å²) in [5.41, 5.74) is 0. The van der Waals surface area contributed by atoms with E-state index >= 15 is 0 Å². The maximum Gasteiger partial charge on any atom is 0.335 e. The molecule has 0 heterocycles. The molecule has 0 aliphatic heterocycles. The highest BCUT2D eigenvalue weighted by Crippen LogP contribution is 1.67. The summed E-state index contributed by atoms with van der Waals surface area (Å²) in [5.74, 6) is 0. The molecule has 0 amide bonds. The van der Waals surface area contributed by atoms with Gasteiger partial charge in [-0.15, -0.1) is 0 Å². The Balaban J connectivity index is 0. The van der Waals surface area contributed by atoms with Gasteiger partial charge in [0, 0.05) is 13.2 Å². The molecule has 0 atom stereocenters. The van der Waals surface area contributed by atoms with Gasteiger partial charge in [-0.1, -0.05) is 0 Å². The summed E-state index contributed by atoms with van der Waals surface area (Å²) in [6.45, 7) is 5.67. The van der Waals surface area contributed by atoms with Crippen LogP contribution in [0.15, 0.2) is 0 Å². The van der Waals surface area contributed by atoms with E-state index in [1.807, 2.05) is 13.8 Å². The quantitative estimate of drug-likeness (QED) is 0.554. The van der Waals surface area contributed by atoms with Crippen molar-refractivity contribution in [3.8, 4) is 0 Å². The summed E-state index contributed by atoms with van der Waals surface area (Å²) in [5, 5.41) is 0. The van der Waals surface area contributed by atoms with Gasteiger partial charge in [-0.2, -0.15) is 22.9 Å². The van der Waals surface area contributed by atoms with Crippen LogP contribution in [0.25, 0.3) is 0 Å². The fraction of sp³-hybridized carbons (Fsp3) is 1.00. The van der Waals surface area contributed by atoms with Gasteiger partial charge in [0.25, 0.3) is 0 Å². The summed E-state index contributed by atoms with van der Waals surface area (Å²) in [6, 6.07) is 0. The Morgan fingerprint density at radius 3 is 1.50 bits per heavy atom. The van der Waals surface area contributed by atoms with Gasteiger partial charge in [-0.05, 0) is 13.8 Å². The van der Waals surface area contributed by atoms with Crippen LogP contribution < -0.4 is 0 Å². The van der Waals surface area contributed by atoms with Crippen LogP contribution in [0, 0.1) is 0 Å². The van der Waals surface area contributed by atoms with Gasteiger partial charge < -0.3 is 4.74 Å². The van der Waals surface area contributed by atoms with Crippen molar-refractivity contribution in [2.75, 3.05) is 13.2 Å². The molecule has 0 aliphatic rings. The highest BCUT2D eigenvalue weighted by atomic mass is 35.5. The van der Waals surface area contributed by atoms with Crippen molar-refractivity contribution in [1.82, 2.24) is 0 Å². The second kappa shape index (κ2) is 15.6. The third kappa shape index (κ3) is 30.6. The first-order valence-corrected chi connectivity index (χ1v) is 3.60. The molecule has 0 saturated carbocycles. The average molecular weight is 157 g/mol. The molecule has 0 N–H and O–H groups in total. The lowest BCUT2D eigenvalue weighted by atomic mass is 10.7. The standard InChI is InChI=1S/C4H10O.BCl2H/c1-3-5-4-2;2-1-3/h3-4H2,1-2H3;1H. The minimum Gasteiger partial charge on any atom is -0.382 e. The summed E-state index contributed by atoms with van der Waals surface area (Å²) in [6.07, 6.45) is 0.194. The lowest BCUT2D eigenvalue weighted by Gasteiger charge is -1.86. The Labute approximate surface area is 61.4 Å². The second-order valence-corrected chi connectivity index (χ2v) is 1.69. The van der Waals surface area contributed by atoms with Crippen LogP contribution in [0.2, 0.25) is 0 Å². The van der Waals surface area contributed by atoms with Gasteiger partial charge in [0.15, 0.2) is 0 Å². The topological polar surface area (TPSA) is 9.23 Å². The molecule has 0 aromatic carbocycles. The number of halogens is 2. The first kappa shape index (κ1) is 11.4. The van der Waals surface area contributed by atoms with Gasteiger partial charge in [0.1, 0.15) is 0 Å². The van der Waals surface area contributed by atoms with Crippen LogP contribution >= 0.6 is 22.9 Å². The van der Waals surface area contributed by atoms with E-state index < -0.39 is 0 Å². The Hall–Kier alpha value is 0.605. The smallest absolute Gasteiger partial charge is 0.335 e. The monoisotopic (exact) mass is 156 g/mol. The third-order valence-corrected chi connectivity index (χ3v) is 0.408. The highest BCUT2D eigenvalue weighted by Gasteiger charge is 1.64. The minimum atomic E-state index is 0.194. The largest absolute Gasteiger partial charge is 0.382 e. The molecule has 0 fully saturated rings. The Morgan fingerprint density at radius 1 is 1.25 bits per heavy atom. The van der Waals surface area contributed by atoms with E-state index in [4.69, 9.17) is 27.7 Å². The molecule has 0 rings (SSSR count). The zero-order valence-corrected chi connectivity index (χ0v) is 6.80. The van der Waals surface area contributed by atoms with Crippen molar-refractivity contribution in [2.45, 2.75) is 13.8 Å². The van der Waals surface area contributed by atoms with Crippen LogP contribution in [-0.4, -0.2) is 19.3 Å². The zero-order chi connectivity index (χ0) is 6.83. The van der Waals surface area contributed by atoms with E-state index in [0.717, 1.165) is 13.2 Å². The van der Waals surface area contributed by atoms with Crippen molar-refractivity contribution >= 4 is 29.0 Å². The van der Waals surface area contributed by atoms with Gasteiger partial charge in [0.05, 0.1) is 0 Å². The molecule has 0 saturated heterocycles. The molecule has 0 bridgehead atoms. The van der Waals surface area contributed by atoms with Crippen molar-refractivity contribution < 1.29 is 4.74 Å². The Bertz CT molecular complexity index is 28.0. The molecule has 0 aliphatic carbocycles. The molecular weight excluding hydrogens is 146 g/mol. The molecular formula is C4H11BCl2O. The number of hydrogen-bond donors (Lipinski definition) is 0. The lowest BCUT2D eigenvalue weighted by molar-refractivity contribution is 0.162. The van der Waals surface area contributed by atoms with E-state index in [9.17, 15) is 0 Å². The zero-order valence-electron chi connectivity index (χ0n) is 5.29. The van der Waals surface area contributed by atoms with E-state index in [1.165, 1.54) is 0 Å². The Morgan fingerprint density at radius 2 is 1.50 bits per heavy atom. The van der Waals surface area contributed by atoms with Gasteiger partial charge >= 0.3 is 6.11 Å². The maximum atomic E-state index is 4.83. The summed E-state index contributed by atoms with van der Waals surface area (Å²) in [7, 11) is 0. The second-order valence-electron chi connectivity index (χ2n) is 0.882. The van der Waals surface area contributed by atoms with E-state index in [-0.39, 0.29) is 6.11 Å². The van der Waals surface area contributed by atoms with Gasteiger partial charge in [0.2, 0.25) is 0 Å². The maximum absolute atomic E-state index is 4.83. The number of ether oxygens (including phenoxy) is 1. The predicted octanol–water partition coefficient (Wildman–Crippen LogP) is 1.77. The van der Waals surface area contributed by atoms with E-state index in [0.29, 0.717) is 0 Å². The molecule has 1 nitrogen and oxygen atoms in total. The fourth-order valence-electron chi connectivity index (χ4n) is 0.204. The molecule has 0 aromatic rings. The van der Waals surface area contributed by atoms with Gasteiger partial charge in [-0.3, -0.25) is 0 Å². The van der Waals surface area contributed by atoms with Crippen LogP contribution in [0.4, 0.5) is 0 Å². The fourth-order valence-corrected chi connectivity index (χ4v) is 0.204. The summed E-state index contributed by atoms with van der Waals surface area (Å²) < 4.78 is 4.83. The van der Waals surface area contributed by atoms with E-state index in [2.05, 4.69) is 0 Å². The van der Waals surface area contributed by atoms with Crippen molar-refractivity contribution in [3.63, 3.8) is 0 Å². The Kier molecular flexibility index (Phi) is 22.3. The molecule has 8 heavy (non-hydrogen) atoms. The van der Waals surface area contributed by atoms with Crippen molar-refractivity contribution in [2.24, 2.45) is 0 Å². The summed E-state index contributed by atoms with van der Waals surface area (Å²) in [4.78, 5) is 0. The first-order valence-electron chi connectivity index (χ1n) is 2.53. The molecule has 0 unspecified atom stereocenters. The lowest BCUT2D eigenvalue weighted by Crippen LogP contribution is -1.84. The van der Waals surface area contributed by atoms with Crippen LogP contribution in [0.1, 0.15) is 13.8 Å². The predicted molar refractivity (Wildman–Crippen MR) is 41.0 cm³/mol. The molecule has 0 aromatic heterocycles. The third-order valence-electron chi connectivity index (χ3n) is 0.408. The molecule has 0 radical (unpaired) electrons. The van der Waals surface area contributed by atoms with Crippen molar-refractivity contribution in [3.05, 3.63) is 0 Å².